The van der Waals surface area contributed by atoms with E-state index in [1.54, 1.807) is 7.11 Å². The molecule has 1 saturated heterocycles. The quantitative estimate of drug-likeness (QED) is 0.824. The molecule has 5 rings (SSSR count). The molecule has 140 valence electrons. The molecule has 2 unspecified atom stereocenters. The number of carbonyl (C=O) groups excluding carboxylic acids is 1. The van der Waals surface area contributed by atoms with Crippen LogP contribution in [-0.2, 0) is 4.79 Å². The molecule has 26 heavy (non-hydrogen) atoms. The second-order valence-electron chi connectivity index (χ2n) is 8.60. The van der Waals surface area contributed by atoms with Crippen LogP contribution in [0.3, 0.4) is 0 Å². The van der Waals surface area contributed by atoms with Gasteiger partial charge in [-0.25, -0.2) is 9.97 Å². The van der Waals surface area contributed by atoms with Crippen molar-refractivity contribution in [3.05, 3.63) is 12.4 Å². The van der Waals surface area contributed by atoms with Gasteiger partial charge in [0.2, 0.25) is 11.8 Å². The normalized spacial score (nSPS) is 36.5. The molecule has 2 heterocycles. The minimum absolute atomic E-state index is 0.109. The minimum Gasteiger partial charge on any atom is -0.481 e. The number of nitrogens with zero attached hydrogens (tertiary/aromatic N) is 3. The summed E-state index contributed by atoms with van der Waals surface area (Å²) in [4.78, 5) is 23.7. The van der Waals surface area contributed by atoms with Gasteiger partial charge in [0.1, 0.15) is 12.1 Å². The highest BCUT2D eigenvalue weighted by Crippen LogP contribution is 2.65. The molecule has 3 saturated carbocycles. The molecule has 0 aromatic carbocycles. The van der Waals surface area contributed by atoms with Crippen LogP contribution in [0.25, 0.3) is 0 Å². The van der Waals surface area contributed by atoms with Gasteiger partial charge >= 0.3 is 0 Å². The van der Waals surface area contributed by atoms with E-state index in [4.69, 9.17) is 4.74 Å². The lowest BCUT2D eigenvalue weighted by Crippen LogP contribution is -2.52. The second-order valence-corrected chi connectivity index (χ2v) is 8.60. The Morgan fingerprint density at radius 3 is 2.85 bits per heavy atom. The lowest BCUT2D eigenvalue weighted by atomic mass is 9.77. The van der Waals surface area contributed by atoms with Gasteiger partial charge in [0, 0.05) is 18.5 Å². The number of hydrogen-bond acceptors (Lipinski definition) is 6. The third-order valence-electron chi connectivity index (χ3n) is 6.97. The van der Waals surface area contributed by atoms with Crippen LogP contribution < -0.4 is 15.0 Å². The fraction of sp³-hybridized carbons (Fsp3) is 0.737. The molecule has 2 atom stereocenters. The predicted molar refractivity (Wildman–Crippen MR) is 94.8 cm³/mol. The first kappa shape index (κ1) is 16.3. The van der Waals surface area contributed by atoms with E-state index in [0.29, 0.717) is 5.88 Å². The zero-order chi connectivity index (χ0) is 17.9. The third-order valence-corrected chi connectivity index (χ3v) is 6.97. The maximum absolute atomic E-state index is 12.8. The molecule has 0 radical (unpaired) electrons. The topological polar surface area (TPSA) is 87.6 Å². The molecule has 1 aliphatic heterocycles. The summed E-state index contributed by atoms with van der Waals surface area (Å²) in [7, 11) is 1.61. The highest BCUT2D eigenvalue weighted by atomic mass is 16.5. The van der Waals surface area contributed by atoms with Crippen molar-refractivity contribution in [1.82, 2.24) is 15.3 Å². The minimum atomic E-state index is -0.194. The Morgan fingerprint density at radius 1 is 1.35 bits per heavy atom. The number of nitrogens with one attached hydrogen (secondary N) is 1. The molecule has 1 aromatic heterocycles. The summed E-state index contributed by atoms with van der Waals surface area (Å²) in [5.41, 5.74) is 0.00682. The SMILES string of the molecule is COc1cc(N2CCCC2C2(NC(=O)C3CC34CC(O)C4)CC2)ncn1. The monoisotopic (exact) mass is 358 g/mol. The van der Waals surface area contributed by atoms with Crippen LogP contribution in [-0.4, -0.2) is 52.3 Å². The van der Waals surface area contributed by atoms with E-state index >= 15 is 0 Å². The molecule has 4 fully saturated rings. The molecular weight excluding hydrogens is 332 g/mol. The van der Waals surface area contributed by atoms with E-state index in [0.717, 1.165) is 57.3 Å². The number of aliphatic hydroxyl groups is 1. The van der Waals surface area contributed by atoms with Crippen LogP contribution in [0.1, 0.15) is 44.9 Å². The lowest BCUT2D eigenvalue weighted by Gasteiger charge is -2.35. The summed E-state index contributed by atoms with van der Waals surface area (Å²) >= 11 is 0. The Kier molecular flexibility index (Phi) is 3.48. The summed E-state index contributed by atoms with van der Waals surface area (Å²) in [5.74, 6) is 1.75. The summed E-state index contributed by atoms with van der Waals surface area (Å²) in [6.07, 6.45) is 8.13. The molecule has 1 spiro atoms. The highest BCUT2D eigenvalue weighted by Gasteiger charge is 2.65. The van der Waals surface area contributed by atoms with E-state index in [2.05, 4.69) is 20.2 Å². The van der Waals surface area contributed by atoms with Crippen molar-refractivity contribution in [1.29, 1.82) is 0 Å². The number of aliphatic hydroxyl groups excluding tert-OH is 1. The van der Waals surface area contributed by atoms with Gasteiger partial charge in [0.05, 0.1) is 24.8 Å². The number of anilines is 1. The smallest absolute Gasteiger partial charge is 0.224 e. The molecular formula is C19H26N4O3. The summed E-state index contributed by atoms with van der Waals surface area (Å²) < 4.78 is 5.24. The first-order valence-corrected chi connectivity index (χ1v) is 9.68. The van der Waals surface area contributed by atoms with Crippen molar-refractivity contribution in [2.75, 3.05) is 18.6 Å². The van der Waals surface area contributed by atoms with E-state index < -0.39 is 0 Å². The molecule has 0 bridgehead atoms. The van der Waals surface area contributed by atoms with E-state index in [9.17, 15) is 9.90 Å². The average molecular weight is 358 g/mol. The van der Waals surface area contributed by atoms with Crippen molar-refractivity contribution >= 4 is 11.7 Å². The standard InChI is InChI=1S/C19H26N4O3/c1-26-16-7-15(20-11-21-16)23-6-2-3-14(23)19(4-5-19)22-17(25)13-10-18(13)8-12(24)9-18/h7,11-14,24H,2-6,8-10H2,1H3,(H,22,25). The van der Waals surface area contributed by atoms with Gasteiger partial charge in [-0.05, 0) is 50.4 Å². The number of methoxy groups -OCH3 is 1. The average Bonchev–Trinajstić information content (AvgIpc) is 3.50. The molecule has 4 aliphatic rings. The molecule has 1 aromatic rings. The van der Waals surface area contributed by atoms with Crippen LogP contribution in [0.5, 0.6) is 5.88 Å². The van der Waals surface area contributed by atoms with Crippen molar-refractivity contribution in [3.63, 3.8) is 0 Å². The summed E-state index contributed by atoms with van der Waals surface area (Å²) in [5, 5.41) is 13.0. The van der Waals surface area contributed by atoms with Crippen molar-refractivity contribution in [2.45, 2.75) is 62.6 Å². The predicted octanol–water partition coefficient (Wildman–Crippen LogP) is 1.26. The highest BCUT2D eigenvalue weighted by molar-refractivity contribution is 5.84. The largest absolute Gasteiger partial charge is 0.481 e. The molecule has 1 amide bonds. The Hall–Kier alpha value is -1.89. The van der Waals surface area contributed by atoms with Crippen LogP contribution in [0.2, 0.25) is 0 Å². The zero-order valence-corrected chi connectivity index (χ0v) is 15.1. The number of aromatic nitrogens is 2. The van der Waals surface area contributed by atoms with Gasteiger partial charge in [-0.1, -0.05) is 0 Å². The second kappa shape index (κ2) is 5.55. The Balaban J connectivity index is 1.29. The fourth-order valence-electron chi connectivity index (χ4n) is 5.27. The maximum Gasteiger partial charge on any atom is 0.224 e. The van der Waals surface area contributed by atoms with Gasteiger partial charge in [-0.15, -0.1) is 0 Å². The van der Waals surface area contributed by atoms with Crippen LogP contribution in [0.15, 0.2) is 12.4 Å². The third kappa shape index (κ3) is 2.47. The van der Waals surface area contributed by atoms with Crippen LogP contribution in [0, 0.1) is 11.3 Å². The van der Waals surface area contributed by atoms with Gasteiger partial charge in [-0.3, -0.25) is 4.79 Å². The molecule has 7 heteroatoms. The fourth-order valence-corrected chi connectivity index (χ4v) is 5.27. The number of ether oxygens (including phenoxy) is 1. The van der Waals surface area contributed by atoms with Gasteiger partial charge in [-0.2, -0.15) is 0 Å². The molecule has 2 N–H and O–H groups in total. The summed E-state index contributed by atoms with van der Waals surface area (Å²) in [6, 6.07) is 2.16. The number of carbonyl (C=O) groups is 1. The van der Waals surface area contributed by atoms with E-state index in [1.165, 1.54) is 6.33 Å². The maximum atomic E-state index is 12.8. The van der Waals surface area contributed by atoms with Crippen molar-refractivity contribution < 1.29 is 14.6 Å². The number of hydrogen-bond donors (Lipinski definition) is 2. The van der Waals surface area contributed by atoms with Gasteiger partial charge in [0.15, 0.2) is 0 Å². The Bertz CT molecular complexity index is 729. The van der Waals surface area contributed by atoms with Gasteiger partial charge in [0.25, 0.3) is 0 Å². The Labute approximate surface area is 153 Å². The van der Waals surface area contributed by atoms with E-state index in [1.807, 2.05) is 6.07 Å². The van der Waals surface area contributed by atoms with Crippen molar-refractivity contribution in [2.24, 2.45) is 11.3 Å². The number of rotatable bonds is 5. The molecule has 7 nitrogen and oxygen atoms in total. The zero-order valence-electron chi connectivity index (χ0n) is 15.1. The van der Waals surface area contributed by atoms with Crippen molar-refractivity contribution in [3.8, 4) is 5.88 Å². The first-order chi connectivity index (χ1) is 12.6. The first-order valence-electron chi connectivity index (χ1n) is 9.68. The van der Waals surface area contributed by atoms with Crippen LogP contribution >= 0.6 is 0 Å². The van der Waals surface area contributed by atoms with Crippen LogP contribution in [0.4, 0.5) is 5.82 Å². The molecule has 3 aliphatic carbocycles. The number of amides is 1. The summed E-state index contributed by atoms with van der Waals surface area (Å²) in [6.45, 7) is 0.946. The van der Waals surface area contributed by atoms with E-state index in [-0.39, 0.29) is 34.9 Å². The van der Waals surface area contributed by atoms with Gasteiger partial charge < -0.3 is 20.1 Å². The lowest BCUT2D eigenvalue weighted by molar-refractivity contribution is -0.125. The Morgan fingerprint density at radius 2 is 2.15 bits per heavy atom.